The second kappa shape index (κ2) is 6.29. The summed E-state index contributed by atoms with van der Waals surface area (Å²) in [6, 6.07) is 6.71. The molecule has 2 aromatic heterocycles. The number of carbonyl (C=O) groups excluding carboxylic acids is 1. The van der Waals surface area contributed by atoms with Crippen molar-refractivity contribution in [2.75, 3.05) is 26.2 Å². The molecule has 0 unspecified atom stereocenters. The molecule has 0 N–H and O–H groups in total. The first-order valence-corrected chi connectivity index (χ1v) is 10.1. The first-order valence-electron chi connectivity index (χ1n) is 6.57. The second-order valence-corrected chi connectivity index (χ2v) is 9.56. The lowest BCUT2D eigenvalue weighted by atomic mass is 10.3. The molecule has 0 spiro atoms. The Hall–Kier alpha value is -0.930. The maximum Gasteiger partial charge on any atom is 0.264 e. The van der Waals surface area contributed by atoms with Crippen LogP contribution in [0.5, 0.6) is 0 Å². The lowest BCUT2D eigenvalue weighted by Crippen LogP contribution is -2.50. The molecular weight excluding hydrogens is 364 g/mol. The Morgan fingerprint density at radius 2 is 1.86 bits per heavy atom. The normalized spacial score (nSPS) is 16.9. The van der Waals surface area contributed by atoms with Crippen molar-refractivity contribution in [3.05, 3.63) is 38.9 Å². The minimum Gasteiger partial charge on any atom is -0.335 e. The van der Waals surface area contributed by atoms with Crippen molar-refractivity contribution in [2.45, 2.75) is 4.21 Å². The Morgan fingerprint density at radius 3 is 2.41 bits per heavy atom. The smallest absolute Gasteiger partial charge is 0.264 e. The van der Waals surface area contributed by atoms with Crippen LogP contribution in [0.4, 0.5) is 0 Å². The number of amides is 1. The largest absolute Gasteiger partial charge is 0.335 e. The molecule has 1 aliphatic heterocycles. The van der Waals surface area contributed by atoms with Gasteiger partial charge in [-0.15, -0.1) is 22.7 Å². The van der Waals surface area contributed by atoms with Crippen molar-refractivity contribution in [3.63, 3.8) is 0 Å². The Balaban J connectivity index is 1.68. The molecule has 1 aliphatic rings. The van der Waals surface area contributed by atoms with Crippen LogP contribution in [0.2, 0.25) is 4.34 Å². The van der Waals surface area contributed by atoms with Gasteiger partial charge in [0.25, 0.3) is 15.9 Å². The number of carbonyl (C=O) groups is 1. The van der Waals surface area contributed by atoms with E-state index in [0.717, 1.165) is 11.3 Å². The molecule has 1 fully saturated rings. The van der Waals surface area contributed by atoms with Crippen LogP contribution < -0.4 is 0 Å². The number of halogens is 1. The molecule has 0 radical (unpaired) electrons. The Kier molecular flexibility index (Phi) is 4.56. The lowest BCUT2D eigenvalue weighted by molar-refractivity contribution is 0.0703. The zero-order valence-electron chi connectivity index (χ0n) is 11.4. The highest BCUT2D eigenvalue weighted by Crippen LogP contribution is 2.28. The van der Waals surface area contributed by atoms with Crippen LogP contribution in [-0.2, 0) is 10.0 Å². The van der Waals surface area contributed by atoms with Crippen molar-refractivity contribution in [1.29, 1.82) is 0 Å². The predicted octanol–water partition coefficient (Wildman–Crippen LogP) is 2.61. The average Bonchev–Trinajstić information content (AvgIpc) is 3.18. The van der Waals surface area contributed by atoms with Gasteiger partial charge in [0.2, 0.25) is 0 Å². The van der Waals surface area contributed by atoms with Gasteiger partial charge in [-0.2, -0.15) is 4.31 Å². The number of piperazine rings is 1. The minimum atomic E-state index is -3.51. The molecule has 9 heteroatoms. The molecule has 22 heavy (non-hydrogen) atoms. The van der Waals surface area contributed by atoms with Gasteiger partial charge in [-0.1, -0.05) is 17.7 Å². The molecule has 0 saturated carbocycles. The fraction of sp³-hybridized carbons (Fsp3) is 0.308. The van der Waals surface area contributed by atoms with E-state index in [-0.39, 0.29) is 10.1 Å². The molecule has 0 aliphatic carbocycles. The molecule has 0 atom stereocenters. The van der Waals surface area contributed by atoms with E-state index in [4.69, 9.17) is 11.6 Å². The lowest BCUT2D eigenvalue weighted by Gasteiger charge is -2.33. The zero-order valence-corrected chi connectivity index (χ0v) is 14.6. The third-order valence-electron chi connectivity index (χ3n) is 3.40. The predicted molar refractivity (Wildman–Crippen MR) is 88.3 cm³/mol. The summed E-state index contributed by atoms with van der Waals surface area (Å²) in [4.78, 5) is 14.6. The van der Waals surface area contributed by atoms with Crippen molar-refractivity contribution in [3.8, 4) is 0 Å². The van der Waals surface area contributed by atoms with Crippen LogP contribution in [0.15, 0.2) is 33.9 Å². The van der Waals surface area contributed by atoms with E-state index in [0.29, 0.717) is 35.4 Å². The van der Waals surface area contributed by atoms with Crippen LogP contribution in [-0.4, -0.2) is 49.7 Å². The summed E-state index contributed by atoms with van der Waals surface area (Å²) >= 11 is 8.26. The van der Waals surface area contributed by atoms with E-state index in [1.807, 2.05) is 11.4 Å². The number of rotatable bonds is 3. The number of hydrogen-bond donors (Lipinski definition) is 0. The maximum atomic E-state index is 12.5. The summed E-state index contributed by atoms with van der Waals surface area (Å²) in [5, 5.41) is 1.86. The highest BCUT2D eigenvalue weighted by atomic mass is 35.5. The first kappa shape index (κ1) is 15.9. The topological polar surface area (TPSA) is 57.7 Å². The molecular formula is C13H13ClN2O3S3. The maximum absolute atomic E-state index is 12.5. The van der Waals surface area contributed by atoms with Gasteiger partial charge in [0.15, 0.2) is 0 Å². The monoisotopic (exact) mass is 376 g/mol. The van der Waals surface area contributed by atoms with Crippen LogP contribution in [0.3, 0.4) is 0 Å². The molecule has 118 valence electrons. The van der Waals surface area contributed by atoms with Crippen LogP contribution in [0.1, 0.15) is 9.67 Å². The molecule has 1 amide bonds. The molecule has 2 aromatic rings. The van der Waals surface area contributed by atoms with E-state index in [1.165, 1.54) is 21.7 Å². The van der Waals surface area contributed by atoms with Gasteiger partial charge < -0.3 is 4.90 Å². The van der Waals surface area contributed by atoms with Crippen molar-refractivity contribution >= 4 is 50.2 Å². The summed E-state index contributed by atoms with van der Waals surface area (Å²) in [5.74, 6) is -0.0359. The molecule has 3 rings (SSSR count). The third-order valence-corrected chi connectivity index (χ3v) is 7.86. The minimum absolute atomic E-state index is 0.0359. The molecule has 5 nitrogen and oxygen atoms in total. The SMILES string of the molecule is O=C(c1cccs1)N1CCN(S(=O)(=O)c2ccc(Cl)s2)CC1. The highest BCUT2D eigenvalue weighted by Gasteiger charge is 2.31. The molecule has 3 heterocycles. The quantitative estimate of drug-likeness (QED) is 0.827. The van der Waals surface area contributed by atoms with Gasteiger partial charge in [0, 0.05) is 26.2 Å². The van der Waals surface area contributed by atoms with Crippen LogP contribution >= 0.6 is 34.3 Å². The van der Waals surface area contributed by atoms with Gasteiger partial charge in [-0.25, -0.2) is 8.42 Å². The second-order valence-electron chi connectivity index (χ2n) is 4.73. The first-order chi connectivity index (χ1) is 10.5. The number of nitrogens with zero attached hydrogens (tertiary/aromatic N) is 2. The van der Waals surface area contributed by atoms with Gasteiger partial charge in [-0.05, 0) is 23.6 Å². The molecule has 1 saturated heterocycles. The fourth-order valence-corrected chi connectivity index (χ4v) is 6.00. The van der Waals surface area contributed by atoms with E-state index < -0.39 is 10.0 Å². The highest BCUT2D eigenvalue weighted by molar-refractivity contribution is 7.91. The Labute approximate surface area is 141 Å². The van der Waals surface area contributed by atoms with Gasteiger partial charge >= 0.3 is 0 Å². The molecule has 0 aromatic carbocycles. The number of thiophene rings is 2. The summed E-state index contributed by atoms with van der Waals surface area (Å²) < 4.78 is 27.1. The number of hydrogen-bond acceptors (Lipinski definition) is 5. The summed E-state index contributed by atoms with van der Waals surface area (Å²) in [7, 11) is -3.51. The standard InChI is InChI=1S/C13H13ClN2O3S3/c14-11-3-4-12(21-11)22(18,19)16-7-5-15(6-8-16)13(17)10-2-1-9-20-10/h1-4,9H,5-8H2. The van der Waals surface area contributed by atoms with Crippen molar-refractivity contribution in [2.24, 2.45) is 0 Å². The van der Waals surface area contributed by atoms with Crippen molar-refractivity contribution in [1.82, 2.24) is 9.21 Å². The van der Waals surface area contributed by atoms with Gasteiger partial charge in [0.1, 0.15) is 4.21 Å². The van der Waals surface area contributed by atoms with E-state index >= 15 is 0 Å². The van der Waals surface area contributed by atoms with E-state index in [2.05, 4.69) is 0 Å². The molecule has 0 bridgehead atoms. The van der Waals surface area contributed by atoms with Crippen LogP contribution in [0, 0.1) is 0 Å². The van der Waals surface area contributed by atoms with E-state index in [1.54, 1.807) is 17.0 Å². The van der Waals surface area contributed by atoms with Crippen molar-refractivity contribution < 1.29 is 13.2 Å². The number of sulfonamides is 1. The third kappa shape index (κ3) is 3.07. The Morgan fingerprint density at radius 1 is 1.14 bits per heavy atom. The summed E-state index contributed by atoms with van der Waals surface area (Å²) in [5.41, 5.74) is 0. The van der Waals surface area contributed by atoms with Gasteiger partial charge in [0.05, 0.1) is 9.21 Å². The van der Waals surface area contributed by atoms with E-state index in [9.17, 15) is 13.2 Å². The van der Waals surface area contributed by atoms with Crippen LogP contribution in [0.25, 0.3) is 0 Å². The summed E-state index contributed by atoms with van der Waals surface area (Å²) in [6.45, 7) is 1.40. The van der Waals surface area contributed by atoms with Gasteiger partial charge in [-0.3, -0.25) is 4.79 Å². The average molecular weight is 377 g/mol. The fourth-order valence-electron chi connectivity index (χ4n) is 2.25. The zero-order chi connectivity index (χ0) is 15.7. The Bertz CT molecular complexity index is 762. The summed E-state index contributed by atoms with van der Waals surface area (Å²) in [6.07, 6.45) is 0.